The second-order valence-corrected chi connectivity index (χ2v) is 6.81. The van der Waals surface area contributed by atoms with Crippen LogP contribution in [0, 0.1) is 5.82 Å². The van der Waals surface area contributed by atoms with Gasteiger partial charge in [0.1, 0.15) is 11.9 Å². The molecule has 4 nitrogen and oxygen atoms in total. The lowest BCUT2D eigenvalue weighted by atomic mass is 10.1. The van der Waals surface area contributed by atoms with Crippen LogP contribution in [0.1, 0.15) is 28.8 Å². The van der Waals surface area contributed by atoms with Gasteiger partial charge in [0, 0.05) is 11.6 Å². The number of hydrogen-bond donors (Lipinski definition) is 0. The molecular weight excluding hydrogens is 343 g/mol. The van der Waals surface area contributed by atoms with Gasteiger partial charge in [0.05, 0.1) is 17.8 Å². The van der Waals surface area contributed by atoms with E-state index in [9.17, 15) is 14.0 Å². The van der Waals surface area contributed by atoms with Crippen molar-refractivity contribution in [2.45, 2.75) is 25.4 Å². The van der Waals surface area contributed by atoms with E-state index in [1.165, 1.54) is 12.1 Å². The van der Waals surface area contributed by atoms with Crippen molar-refractivity contribution in [3.63, 3.8) is 0 Å². The van der Waals surface area contributed by atoms with Crippen molar-refractivity contribution in [2.75, 3.05) is 11.4 Å². The molecule has 128 valence electrons. The highest BCUT2D eigenvalue weighted by atomic mass is 35.5. The normalized spacial score (nSPS) is 19.7. The molecule has 0 aliphatic carbocycles. The average molecular weight is 359 g/mol. The minimum Gasteiger partial charge on any atom is -0.327 e. The summed E-state index contributed by atoms with van der Waals surface area (Å²) >= 11 is 6.08. The maximum atomic E-state index is 13.2. The Hall–Kier alpha value is -2.40. The van der Waals surface area contributed by atoms with Crippen LogP contribution in [0.5, 0.6) is 0 Å². The fourth-order valence-corrected chi connectivity index (χ4v) is 3.74. The van der Waals surface area contributed by atoms with Crippen LogP contribution in [0.3, 0.4) is 0 Å². The molecule has 0 N–H and O–H groups in total. The van der Waals surface area contributed by atoms with E-state index < -0.39 is 6.04 Å². The van der Waals surface area contributed by atoms with E-state index in [1.807, 2.05) is 0 Å². The summed E-state index contributed by atoms with van der Waals surface area (Å²) in [7, 11) is 0. The van der Waals surface area contributed by atoms with Crippen molar-refractivity contribution in [3.8, 4) is 0 Å². The summed E-state index contributed by atoms with van der Waals surface area (Å²) in [5.74, 6) is -0.582. The van der Waals surface area contributed by atoms with E-state index >= 15 is 0 Å². The zero-order valence-corrected chi connectivity index (χ0v) is 14.2. The first-order valence-electron chi connectivity index (χ1n) is 8.21. The summed E-state index contributed by atoms with van der Waals surface area (Å²) in [4.78, 5) is 29.3. The minimum atomic E-state index is -0.445. The Morgan fingerprint density at radius 1 is 1.12 bits per heavy atom. The largest absolute Gasteiger partial charge is 0.327 e. The summed E-state index contributed by atoms with van der Waals surface area (Å²) in [6, 6.07) is 10.6. The molecule has 0 bridgehead atoms. The van der Waals surface area contributed by atoms with Gasteiger partial charge >= 0.3 is 0 Å². The van der Waals surface area contributed by atoms with Gasteiger partial charge in [-0.1, -0.05) is 23.7 Å². The van der Waals surface area contributed by atoms with Gasteiger partial charge in [-0.15, -0.1) is 0 Å². The number of benzene rings is 2. The molecule has 1 atom stereocenters. The smallest absolute Gasteiger partial charge is 0.256 e. The van der Waals surface area contributed by atoms with Crippen LogP contribution in [0.15, 0.2) is 42.5 Å². The number of nitrogens with zero attached hydrogens (tertiary/aromatic N) is 2. The van der Waals surface area contributed by atoms with E-state index in [-0.39, 0.29) is 24.2 Å². The van der Waals surface area contributed by atoms with Crippen LogP contribution in [0.25, 0.3) is 0 Å². The standard InChI is InChI=1S/C19H16ClFN2O2/c20-13-5-8-16-15(10-13)18(24)22-9-1-2-17(22)19(25)23(16)11-12-3-6-14(21)7-4-12/h3-8,10,17H,1-2,9,11H2/t17-/m0/s1. The maximum absolute atomic E-state index is 13.2. The molecule has 2 aliphatic rings. The molecule has 0 aromatic heterocycles. The number of carbonyl (C=O) groups excluding carboxylic acids is 2. The third-order valence-corrected chi connectivity index (χ3v) is 5.03. The lowest BCUT2D eigenvalue weighted by Crippen LogP contribution is -2.44. The van der Waals surface area contributed by atoms with E-state index in [4.69, 9.17) is 11.6 Å². The van der Waals surface area contributed by atoms with Gasteiger partial charge in [0.15, 0.2) is 0 Å². The SMILES string of the molecule is O=C1[C@@H]2CCCN2C(=O)c2cc(Cl)ccc2N1Cc1ccc(F)cc1. The van der Waals surface area contributed by atoms with Gasteiger partial charge in [0.25, 0.3) is 5.91 Å². The van der Waals surface area contributed by atoms with Gasteiger partial charge in [-0.3, -0.25) is 9.59 Å². The van der Waals surface area contributed by atoms with Gasteiger partial charge in [-0.25, -0.2) is 4.39 Å². The first kappa shape index (κ1) is 16.1. The number of rotatable bonds is 2. The second-order valence-electron chi connectivity index (χ2n) is 6.37. The Kier molecular flexibility index (Phi) is 3.96. The van der Waals surface area contributed by atoms with Crippen molar-refractivity contribution in [1.82, 2.24) is 4.90 Å². The molecule has 2 aliphatic heterocycles. The van der Waals surface area contributed by atoms with Crippen LogP contribution < -0.4 is 4.90 Å². The highest BCUT2D eigenvalue weighted by molar-refractivity contribution is 6.31. The lowest BCUT2D eigenvalue weighted by Gasteiger charge is -2.26. The summed E-state index contributed by atoms with van der Waals surface area (Å²) in [5.41, 5.74) is 1.79. The van der Waals surface area contributed by atoms with E-state index in [1.54, 1.807) is 40.1 Å². The quantitative estimate of drug-likeness (QED) is 0.822. The minimum absolute atomic E-state index is 0.101. The molecule has 2 aromatic carbocycles. The Morgan fingerprint density at radius 3 is 2.64 bits per heavy atom. The molecule has 0 saturated carbocycles. The molecule has 25 heavy (non-hydrogen) atoms. The number of amides is 2. The van der Waals surface area contributed by atoms with Crippen LogP contribution >= 0.6 is 11.6 Å². The Bertz CT molecular complexity index is 853. The van der Waals surface area contributed by atoms with Crippen LogP contribution in [-0.4, -0.2) is 29.3 Å². The molecule has 1 fully saturated rings. The monoisotopic (exact) mass is 358 g/mol. The van der Waals surface area contributed by atoms with Crippen LogP contribution in [0.2, 0.25) is 5.02 Å². The first-order chi connectivity index (χ1) is 12.0. The topological polar surface area (TPSA) is 40.6 Å². The zero-order valence-electron chi connectivity index (χ0n) is 13.4. The Balaban J connectivity index is 1.80. The van der Waals surface area contributed by atoms with Crippen molar-refractivity contribution in [3.05, 3.63) is 64.4 Å². The number of hydrogen-bond acceptors (Lipinski definition) is 2. The van der Waals surface area contributed by atoms with Gasteiger partial charge < -0.3 is 9.80 Å². The zero-order chi connectivity index (χ0) is 17.6. The van der Waals surface area contributed by atoms with Gasteiger partial charge in [-0.2, -0.15) is 0 Å². The molecule has 1 saturated heterocycles. The molecule has 0 spiro atoms. The van der Waals surface area contributed by atoms with Crippen molar-refractivity contribution in [2.24, 2.45) is 0 Å². The predicted molar refractivity (Wildman–Crippen MR) is 93.1 cm³/mol. The van der Waals surface area contributed by atoms with Crippen molar-refractivity contribution < 1.29 is 14.0 Å². The van der Waals surface area contributed by atoms with Crippen LogP contribution in [0.4, 0.5) is 10.1 Å². The highest BCUT2D eigenvalue weighted by Gasteiger charge is 2.41. The van der Waals surface area contributed by atoms with E-state index in [0.29, 0.717) is 29.2 Å². The summed E-state index contributed by atoms with van der Waals surface area (Å²) in [6.07, 6.45) is 1.47. The third-order valence-electron chi connectivity index (χ3n) is 4.80. The third kappa shape index (κ3) is 2.78. The molecular formula is C19H16ClFN2O2. The van der Waals surface area contributed by atoms with E-state index in [0.717, 1.165) is 12.0 Å². The Morgan fingerprint density at radius 2 is 1.88 bits per heavy atom. The predicted octanol–water partition coefficient (Wildman–Crippen LogP) is 3.63. The molecule has 0 unspecified atom stereocenters. The number of fused-ring (bicyclic) bond motifs is 2. The molecule has 6 heteroatoms. The fourth-order valence-electron chi connectivity index (χ4n) is 3.57. The second kappa shape index (κ2) is 6.15. The summed E-state index contributed by atoms with van der Waals surface area (Å²) in [6.45, 7) is 0.858. The molecule has 2 heterocycles. The van der Waals surface area contributed by atoms with Crippen LogP contribution in [-0.2, 0) is 11.3 Å². The molecule has 2 aromatic rings. The molecule has 4 rings (SSSR count). The van der Waals surface area contributed by atoms with Gasteiger partial charge in [-0.05, 0) is 48.7 Å². The molecule has 0 radical (unpaired) electrons. The maximum Gasteiger partial charge on any atom is 0.256 e. The average Bonchev–Trinajstić information content (AvgIpc) is 3.07. The highest BCUT2D eigenvalue weighted by Crippen LogP contribution is 2.34. The van der Waals surface area contributed by atoms with Crippen molar-refractivity contribution >= 4 is 29.1 Å². The summed E-state index contributed by atoms with van der Waals surface area (Å²) in [5, 5.41) is 0.457. The number of halogens is 2. The Labute approximate surface area is 149 Å². The van der Waals surface area contributed by atoms with Crippen molar-refractivity contribution in [1.29, 1.82) is 0 Å². The number of anilines is 1. The lowest BCUT2D eigenvalue weighted by molar-refractivity contribution is -0.122. The fraction of sp³-hybridized carbons (Fsp3) is 0.263. The summed E-state index contributed by atoms with van der Waals surface area (Å²) < 4.78 is 13.2. The number of carbonyl (C=O) groups is 2. The molecule has 2 amide bonds. The van der Waals surface area contributed by atoms with E-state index in [2.05, 4.69) is 0 Å². The first-order valence-corrected chi connectivity index (χ1v) is 8.59. The van der Waals surface area contributed by atoms with Gasteiger partial charge in [0.2, 0.25) is 5.91 Å².